The number of aliphatic imine (C=N–C) groups is 1. The van der Waals surface area contributed by atoms with Crippen LogP contribution in [0.5, 0.6) is 0 Å². The van der Waals surface area contributed by atoms with E-state index >= 15 is 0 Å². The molecule has 5 aromatic rings. The Morgan fingerprint density at radius 3 is 1.84 bits per heavy atom. The molecule has 0 aromatic heterocycles. The van der Waals surface area contributed by atoms with Gasteiger partial charge in [0.15, 0.2) is 5.78 Å². The van der Waals surface area contributed by atoms with E-state index in [1.54, 1.807) is 0 Å². The van der Waals surface area contributed by atoms with Crippen LogP contribution in [0.1, 0.15) is 15.9 Å². The van der Waals surface area contributed by atoms with Gasteiger partial charge in [-0.2, -0.15) is 10.1 Å². The van der Waals surface area contributed by atoms with Crippen LogP contribution in [0.15, 0.2) is 162 Å². The molecule has 0 unspecified atom stereocenters. The van der Waals surface area contributed by atoms with Gasteiger partial charge in [0.05, 0.1) is 42.4 Å². The molecular weight excluding hydrogens is 1040 g/mol. The van der Waals surface area contributed by atoms with Gasteiger partial charge in [0.25, 0.3) is 0 Å². The molecule has 0 fully saturated rings. The van der Waals surface area contributed by atoms with Crippen molar-refractivity contribution in [1.82, 2.24) is 5.43 Å². The van der Waals surface area contributed by atoms with Crippen molar-refractivity contribution in [3.63, 3.8) is 0 Å². The Kier molecular flexibility index (Phi) is 19.2. The molecule has 0 saturated carbocycles. The molecule has 4 N–H and O–H groups in total. The standard InChI is InChI=1S/C41H28N6O15S4.4Na/c48-34-20-33(46-44-26-11-12-28-22(15-26)4-2-5-35(28)63(51,52)53)40(66(60,61)62)30-14-10-25(18-32(30)34)43-41(50)42-24-9-13-29-23(16-24)17-37(65(57,58)59)38(39(29)49)47-45-27-8-7-21-3-1-6-36(31(21)19-27)64(54,55)56;;;;/h1-20,44-46H,(H,42,50)(H,51,52,53)(H,54,55,56)(H,57,58,59)(H,60,61,62);;;;/q;4*+1/p-4/b43-25?,47-38-;;;;. The first-order valence-electron chi connectivity index (χ1n) is 18.4. The van der Waals surface area contributed by atoms with E-state index in [-0.39, 0.29) is 174 Å². The molecule has 3 aliphatic carbocycles. The predicted octanol–water partition coefficient (Wildman–Crippen LogP) is -8.28. The maximum absolute atomic E-state index is 13.5. The summed E-state index contributed by atoms with van der Waals surface area (Å²) in [6.45, 7) is 0. The number of nitrogens with zero attached hydrogens (tertiary/aromatic N) is 2. The third-order valence-electron chi connectivity index (χ3n) is 9.93. The quantitative estimate of drug-likeness (QED) is 0.0573. The molecular formula is C41H24N6Na4O15S4. The average molecular weight is 1060 g/mol. The van der Waals surface area contributed by atoms with Crippen LogP contribution in [0.25, 0.3) is 27.6 Å². The summed E-state index contributed by atoms with van der Waals surface area (Å²) in [6.07, 6.45) is 4.90. The van der Waals surface area contributed by atoms with Crippen molar-refractivity contribution in [3.05, 3.63) is 153 Å². The summed E-state index contributed by atoms with van der Waals surface area (Å²) < 4.78 is 145. The Morgan fingerprint density at radius 2 is 1.20 bits per heavy atom. The minimum absolute atomic E-state index is 0. The van der Waals surface area contributed by atoms with Crippen molar-refractivity contribution in [2.24, 2.45) is 10.1 Å². The summed E-state index contributed by atoms with van der Waals surface area (Å²) in [7, 11) is -20.4. The number of allylic oxidation sites excluding steroid dienone is 7. The number of Topliss-reactive ketones (excluding diaryl/α,β-unsaturated/α-hetero) is 1. The van der Waals surface area contributed by atoms with Crippen LogP contribution in [-0.4, -0.2) is 80.9 Å². The van der Waals surface area contributed by atoms with Crippen LogP contribution >= 0.6 is 0 Å². The second kappa shape index (κ2) is 22.7. The number of hydrogen-bond acceptors (Lipinski definition) is 19. The maximum atomic E-state index is 13.5. The third kappa shape index (κ3) is 12.8. The Morgan fingerprint density at radius 1 is 0.571 bits per heavy atom. The van der Waals surface area contributed by atoms with Crippen LogP contribution in [0.3, 0.4) is 0 Å². The summed E-state index contributed by atoms with van der Waals surface area (Å²) in [5.41, 5.74) is 5.37. The van der Waals surface area contributed by atoms with Gasteiger partial charge in [-0.1, -0.05) is 42.5 Å². The number of hydrazine groups is 1. The number of ketones is 2. The molecule has 0 spiro atoms. The number of amides is 2. The van der Waals surface area contributed by atoms with Gasteiger partial charge in [0.1, 0.15) is 46.2 Å². The molecule has 8 rings (SSSR count). The van der Waals surface area contributed by atoms with Gasteiger partial charge < -0.3 is 29.0 Å². The number of nitrogens with one attached hydrogen (secondary N) is 4. The van der Waals surface area contributed by atoms with E-state index in [0.717, 1.165) is 48.6 Å². The molecule has 0 radical (unpaired) electrons. The van der Waals surface area contributed by atoms with Gasteiger partial charge in [-0.05, 0) is 94.5 Å². The zero-order valence-corrected chi connectivity index (χ0v) is 48.0. The van der Waals surface area contributed by atoms with Crippen LogP contribution in [-0.2, 0) is 45.3 Å². The van der Waals surface area contributed by atoms with Crippen LogP contribution in [0.2, 0.25) is 0 Å². The first kappa shape index (κ1) is 59.1. The summed E-state index contributed by atoms with van der Waals surface area (Å²) in [4.78, 5) is 40.8. The van der Waals surface area contributed by atoms with Gasteiger partial charge in [-0.15, -0.1) is 0 Å². The number of rotatable bonds is 10. The Balaban J connectivity index is 0.00000266. The Labute approximate surface area is 487 Å². The predicted molar refractivity (Wildman–Crippen MR) is 234 cm³/mol. The molecule has 336 valence electrons. The first-order chi connectivity index (χ1) is 31.0. The Bertz CT molecular complexity index is 3780. The molecule has 0 heterocycles. The molecule has 0 saturated heterocycles. The van der Waals surface area contributed by atoms with Crippen LogP contribution in [0, 0.1) is 0 Å². The van der Waals surface area contributed by atoms with Crippen molar-refractivity contribution in [2.45, 2.75) is 9.79 Å². The van der Waals surface area contributed by atoms with Gasteiger partial charge in [0, 0.05) is 33.9 Å². The van der Waals surface area contributed by atoms with Crippen LogP contribution < -0.4 is 140 Å². The van der Waals surface area contributed by atoms with E-state index < -0.39 is 89.1 Å². The monoisotopic (exact) mass is 1060 g/mol. The molecule has 3 aliphatic rings. The maximum Gasteiger partial charge on any atom is 1.00 e. The van der Waals surface area contributed by atoms with Gasteiger partial charge >= 0.3 is 124 Å². The smallest absolute Gasteiger partial charge is 0.744 e. The molecule has 0 aliphatic heterocycles. The van der Waals surface area contributed by atoms with E-state index in [4.69, 9.17) is 0 Å². The number of fused-ring (bicyclic) bond motifs is 4. The van der Waals surface area contributed by atoms with Crippen molar-refractivity contribution in [3.8, 4) is 0 Å². The Hall–Kier alpha value is -3.49. The van der Waals surface area contributed by atoms with Gasteiger partial charge in [-0.3, -0.25) is 20.4 Å². The zero-order valence-electron chi connectivity index (χ0n) is 36.7. The molecule has 0 atom stereocenters. The molecule has 70 heavy (non-hydrogen) atoms. The number of anilines is 3. The molecule has 21 nitrogen and oxygen atoms in total. The molecule has 2 amide bonds. The van der Waals surface area contributed by atoms with Crippen molar-refractivity contribution in [2.75, 3.05) is 16.2 Å². The molecule has 0 bridgehead atoms. The second-order valence-corrected chi connectivity index (χ2v) is 19.5. The van der Waals surface area contributed by atoms with Crippen molar-refractivity contribution in [1.29, 1.82) is 0 Å². The fourth-order valence-corrected chi connectivity index (χ4v) is 9.97. The zero-order chi connectivity index (χ0) is 47.5. The van der Waals surface area contributed by atoms with E-state index in [2.05, 4.69) is 31.7 Å². The second-order valence-electron chi connectivity index (χ2n) is 14.2. The fraction of sp³-hybridized carbons (Fsp3) is 0. The number of urea groups is 1. The normalized spacial score (nSPS) is 15.7. The minimum Gasteiger partial charge on any atom is -0.744 e. The van der Waals surface area contributed by atoms with E-state index in [1.807, 2.05) is 0 Å². The topological polar surface area (TPSA) is 353 Å². The third-order valence-corrected chi connectivity index (χ3v) is 13.5. The number of carbonyl (C=O) groups excluding carboxylic acids is 3. The summed E-state index contributed by atoms with van der Waals surface area (Å²) >= 11 is 0. The van der Waals surface area contributed by atoms with Gasteiger partial charge in [0.2, 0.25) is 5.78 Å². The van der Waals surface area contributed by atoms with E-state index in [9.17, 15) is 66.3 Å². The number of hydrazone groups is 1. The number of hydrogen-bond donors (Lipinski definition) is 4. The van der Waals surface area contributed by atoms with Crippen LogP contribution in [0.4, 0.5) is 21.9 Å². The SMILES string of the molecule is O=C(N=C1C=CC2=C(S(=O)(=O)[O-])C(NNc3ccc4c(S(=O)(=O)[O-])cccc4c3)=CC(=O)C2=C1)Nc1ccc2c(c1)C=C(S(=O)(=O)[O-])/C(=N/Nc1ccc3cccc(S(=O)(=O)[O-])c3c1)C2=O.[Na+].[Na+].[Na+].[Na+]. The largest absolute Gasteiger partial charge is 1.00 e. The summed E-state index contributed by atoms with van der Waals surface area (Å²) in [5.74, 6) is -1.83. The fourth-order valence-electron chi connectivity index (χ4n) is 7.11. The number of benzene rings is 5. The van der Waals surface area contributed by atoms with Crippen molar-refractivity contribution >= 4 is 114 Å². The van der Waals surface area contributed by atoms with E-state index in [1.165, 1.54) is 72.8 Å². The van der Waals surface area contributed by atoms with E-state index in [0.29, 0.717) is 10.8 Å². The summed E-state index contributed by atoms with van der Waals surface area (Å²) in [6, 6.07) is 18.6. The average Bonchev–Trinajstić information content (AvgIpc) is 3.23. The summed E-state index contributed by atoms with van der Waals surface area (Å²) in [5, 5.41) is 7.04. The van der Waals surface area contributed by atoms with Crippen molar-refractivity contribution < 1.29 is 184 Å². The minimum atomic E-state index is -5.38. The molecule has 29 heteroatoms. The number of carbonyl (C=O) groups is 3. The molecule has 5 aromatic carbocycles. The van der Waals surface area contributed by atoms with Gasteiger partial charge in [-0.25, -0.2) is 38.5 Å². The first-order valence-corrected chi connectivity index (χ1v) is 24.1.